The van der Waals surface area contributed by atoms with E-state index < -0.39 is 8.32 Å². The van der Waals surface area contributed by atoms with Crippen molar-refractivity contribution in [2.45, 2.75) is 64.3 Å². The first-order chi connectivity index (χ1) is 7.72. The van der Waals surface area contributed by atoms with Gasteiger partial charge in [0.05, 0.1) is 0 Å². The summed E-state index contributed by atoms with van der Waals surface area (Å²) in [6.45, 7) is 16.8. The Hall–Kier alpha value is 0.0969. The zero-order valence-electron chi connectivity index (χ0n) is 12.4. The first kappa shape index (κ1) is 15.2. The smallest absolute Gasteiger partial charge is 0.191 e. The molecule has 2 atom stereocenters. The van der Waals surface area contributed by atoms with Crippen molar-refractivity contribution in [3.63, 3.8) is 0 Å². The van der Waals surface area contributed by atoms with E-state index in [-0.39, 0.29) is 0 Å². The Morgan fingerprint density at radius 3 is 2.29 bits per heavy atom. The fourth-order valence-corrected chi connectivity index (χ4v) is 2.77. The maximum atomic E-state index is 6.19. The van der Waals surface area contributed by atoms with Gasteiger partial charge in [-0.3, -0.25) is 0 Å². The molecule has 1 heterocycles. The van der Waals surface area contributed by atoms with Crippen LogP contribution in [-0.4, -0.2) is 40.1 Å². The van der Waals surface area contributed by atoms with Gasteiger partial charge in [-0.2, -0.15) is 0 Å². The third-order valence-electron chi connectivity index (χ3n) is 4.16. The molecule has 0 radical (unpaired) electrons. The summed E-state index contributed by atoms with van der Waals surface area (Å²) in [4.78, 5) is 0. The van der Waals surface area contributed by atoms with E-state index in [1.54, 1.807) is 0 Å². The van der Waals surface area contributed by atoms with E-state index in [0.29, 0.717) is 17.1 Å². The summed E-state index contributed by atoms with van der Waals surface area (Å²) in [7, 11) is -1.55. The number of hydrogen-bond acceptors (Lipinski definition) is 3. The highest BCUT2D eigenvalue weighted by Crippen LogP contribution is 2.36. The summed E-state index contributed by atoms with van der Waals surface area (Å²) in [5.74, 6) is 0. The van der Waals surface area contributed by atoms with Gasteiger partial charge in [0.25, 0.3) is 0 Å². The molecule has 0 bridgehead atoms. The van der Waals surface area contributed by atoms with E-state index in [1.807, 2.05) is 0 Å². The molecule has 0 saturated carbocycles. The molecule has 0 amide bonds. The molecule has 2 N–H and O–H groups in total. The minimum Gasteiger partial charge on any atom is -0.417 e. The number of piperazine rings is 1. The normalized spacial score (nSPS) is 27.2. The van der Waals surface area contributed by atoms with Crippen molar-refractivity contribution in [1.29, 1.82) is 0 Å². The molecular weight excluding hydrogens is 228 g/mol. The molecule has 0 aromatic rings. The van der Waals surface area contributed by atoms with Crippen LogP contribution in [0.3, 0.4) is 0 Å². The van der Waals surface area contributed by atoms with Gasteiger partial charge in [-0.1, -0.05) is 20.8 Å². The van der Waals surface area contributed by atoms with E-state index in [9.17, 15) is 0 Å². The maximum Gasteiger partial charge on any atom is 0.191 e. The summed E-state index contributed by atoms with van der Waals surface area (Å²) < 4.78 is 6.19. The molecule has 102 valence electrons. The lowest BCUT2D eigenvalue weighted by Crippen LogP contribution is -2.53. The highest BCUT2D eigenvalue weighted by atomic mass is 28.4. The van der Waals surface area contributed by atoms with Crippen LogP contribution >= 0.6 is 0 Å². The van der Waals surface area contributed by atoms with Gasteiger partial charge in [-0.25, -0.2) is 0 Å². The standard InChI is InChI=1S/C13H30N2OSi/c1-11-9-15-12(10-14-11)7-8-16-17(5,6)13(2,3)4/h11-12,14-15H,7-10H2,1-6H3. The van der Waals surface area contributed by atoms with Crippen molar-refractivity contribution in [3.8, 4) is 0 Å². The number of rotatable bonds is 4. The van der Waals surface area contributed by atoms with E-state index in [1.165, 1.54) is 0 Å². The average molecular weight is 258 g/mol. The van der Waals surface area contributed by atoms with Crippen molar-refractivity contribution >= 4 is 8.32 Å². The summed E-state index contributed by atoms with van der Waals surface area (Å²) >= 11 is 0. The Kier molecular flexibility index (Phi) is 5.19. The van der Waals surface area contributed by atoms with Crippen molar-refractivity contribution < 1.29 is 4.43 Å². The average Bonchev–Trinajstić information content (AvgIpc) is 2.19. The molecule has 0 aromatic carbocycles. The van der Waals surface area contributed by atoms with Crippen molar-refractivity contribution in [1.82, 2.24) is 10.6 Å². The fourth-order valence-electron chi connectivity index (χ4n) is 1.71. The highest BCUT2D eigenvalue weighted by Gasteiger charge is 2.37. The Morgan fingerprint density at radius 1 is 1.18 bits per heavy atom. The third-order valence-corrected chi connectivity index (χ3v) is 8.70. The van der Waals surface area contributed by atoms with E-state index in [4.69, 9.17) is 4.43 Å². The van der Waals surface area contributed by atoms with Crippen molar-refractivity contribution in [3.05, 3.63) is 0 Å². The predicted octanol–water partition coefficient (Wildman–Crippen LogP) is 2.35. The maximum absolute atomic E-state index is 6.19. The van der Waals surface area contributed by atoms with Crippen LogP contribution in [0.4, 0.5) is 0 Å². The molecule has 1 aliphatic rings. The van der Waals surface area contributed by atoms with Gasteiger partial charge in [0.2, 0.25) is 0 Å². The van der Waals surface area contributed by atoms with Gasteiger partial charge in [-0.15, -0.1) is 0 Å². The van der Waals surface area contributed by atoms with Crippen molar-refractivity contribution in [2.75, 3.05) is 19.7 Å². The number of nitrogens with one attached hydrogen (secondary N) is 2. The molecule has 2 unspecified atom stereocenters. The minimum atomic E-state index is -1.55. The Labute approximate surface area is 108 Å². The summed E-state index contributed by atoms with van der Waals surface area (Å²) in [5.41, 5.74) is 0. The largest absolute Gasteiger partial charge is 0.417 e. The zero-order valence-corrected chi connectivity index (χ0v) is 13.4. The third kappa shape index (κ3) is 4.70. The Bertz CT molecular complexity index is 230. The molecule has 1 aliphatic heterocycles. The summed E-state index contributed by atoms with van der Waals surface area (Å²) in [6, 6.07) is 1.18. The molecular formula is C13H30N2OSi. The number of hydrogen-bond donors (Lipinski definition) is 2. The van der Waals surface area contributed by atoms with Crippen molar-refractivity contribution in [2.24, 2.45) is 0 Å². The second-order valence-corrected chi connectivity index (χ2v) is 11.6. The molecule has 1 fully saturated rings. The Balaban J connectivity index is 2.24. The fraction of sp³-hybridized carbons (Fsp3) is 1.00. The van der Waals surface area contributed by atoms with Gasteiger partial charge in [0.15, 0.2) is 8.32 Å². The van der Waals surface area contributed by atoms with E-state index >= 15 is 0 Å². The molecule has 4 heteroatoms. The van der Waals surface area contributed by atoms with E-state index in [2.05, 4.69) is 51.4 Å². The second-order valence-electron chi connectivity index (χ2n) is 6.81. The molecule has 1 saturated heterocycles. The summed E-state index contributed by atoms with van der Waals surface area (Å²) in [6.07, 6.45) is 1.12. The topological polar surface area (TPSA) is 33.3 Å². The van der Waals surface area contributed by atoms with Crippen LogP contribution in [0.25, 0.3) is 0 Å². The van der Waals surface area contributed by atoms with Crippen LogP contribution in [-0.2, 0) is 4.43 Å². The Morgan fingerprint density at radius 2 is 1.82 bits per heavy atom. The van der Waals surface area contributed by atoms with Crippen LogP contribution in [0.5, 0.6) is 0 Å². The van der Waals surface area contributed by atoms with E-state index in [0.717, 1.165) is 26.1 Å². The zero-order chi connectivity index (χ0) is 13.1. The first-order valence-electron chi connectivity index (χ1n) is 6.83. The van der Waals surface area contributed by atoms with Crippen LogP contribution in [0.1, 0.15) is 34.1 Å². The molecule has 3 nitrogen and oxygen atoms in total. The summed E-state index contributed by atoms with van der Waals surface area (Å²) in [5, 5.41) is 7.39. The highest BCUT2D eigenvalue weighted by molar-refractivity contribution is 6.74. The molecule has 0 aromatic heterocycles. The molecule has 1 rings (SSSR count). The lowest BCUT2D eigenvalue weighted by Gasteiger charge is -2.37. The van der Waals surface area contributed by atoms with Crippen LogP contribution in [0.2, 0.25) is 18.1 Å². The van der Waals surface area contributed by atoms with Gasteiger partial charge < -0.3 is 15.1 Å². The predicted molar refractivity (Wildman–Crippen MR) is 77.0 cm³/mol. The second kappa shape index (κ2) is 5.82. The lowest BCUT2D eigenvalue weighted by molar-refractivity contribution is 0.245. The van der Waals surface area contributed by atoms with Crippen LogP contribution < -0.4 is 10.6 Å². The quantitative estimate of drug-likeness (QED) is 0.760. The SMILES string of the molecule is CC1CNC(CCO[Si](C)(C)C(C)(C)C)CN1. The van der Waals surface area contributed by atoms with Gasteiger partial charge in [0, 0.05) is 31.8 Å². The minimum absolute atomic E-state index is 0.319. The first-order valence-corrected chi connectivity index (χ1v) is 9.74. The molecule has 0 aliphatic carbocycles. The van der Waals surface area contributed by atoms with Gasteiger partial charge >= 0.3 is 0 Å². The monoisotopic (exact) mass is 258 g/mol. The van der Waals surface area contributed by atoms with Gasteiger partial charge in [0.1, 0.15) is 0 Å². The molecule has 17 heavy (non-hydrogen) atoms. The van der Waals surface area contributed by atoms with Crippen LogP contribution in [0, 0.1) is 0 Å². The molecule has 0 spiro atoms. The lowest BCUT2D eigenvalue weighted by atomic mass is 10.1. The van der Waals surface area contributed by atoms with Gasteiger partial charge in [-0.05, 0) is 31.5 Å². The van der Waals surface area contributed by atoms with Crippen LogP contribution in [0.15, 0.2) is 0 Å².